The van der Waals surface area contributed by atoms with E-state index in [0.29, 0.717) is 6.07 Å². The van der Waals surface area contributed by atoms with Gasteiger partial charge in [-0.1, -0.05) is 11.6 Å². The number of carbonyl (C=O) groups is 2. The summed E-state index contributed by atoms with van der Waals surface area (Å²) in [6.45, 7) is 2.11. The van der Waals surface area contributed by atoms with Gasteiger partial charge in [0.15, 0.2) is 17.3 Å². The second kappa shape index (κ2) is 8.33. The van der Waals surface area contributed by atoms with Crippen LogP contribution in [0.15, 0.2) is 18.3 Å². The molecule has 1 aromatic heterocycles. The van der Waals surface area contributed by atoms with Crippen molar-refractivity contribution in [3.05, 3.63) is 40.7 Å². The summed E-state index contributed by atoms with van der Waals surface area (Å²) in [5, 5.41) is 8.65. The summed E-state index contributed by atoms with van der Waals surface area (Å²) in [7, 11) is 1.23. The molecule has 0 bridgehead atoms. The minimum Gasteiger partial charge on any atom is -0.481 e. The minimum absolute atomic E-state index is 0.0775. The van der Waals surface area contributed by atoms with Gasteiger partial charge in [-0.3, -0.25) is 9.59 Å². The first kappa shape index (κ1) is 22.8. The van der Waals surface area contributed by atoms with Crippen LogP contribution in [0.4, 0.5) is 24.7 Å². The lowest BCUT2D eigenvalue weighted by molar-refractivity contribution is -0.138. The van der Waals surface area contributed by atoms with Gasteiger partial charge in [0.25, 0.3) is 0 Å². The van der Waals surface area contributed by atoms with Crippen molar-refractivity contribution >= 4 is 34.9 Å². The Kier molecular flexibility index (Phi) is 6.13. The number of alkyl halides is 1. The fraction of sp³-hybridized carbons (Fsp3) is 0.400. The molecule has 2 aromatic rings. The highest BCUT2D eigenvalue weighted by atomic mass is 35.5. The van der Waals surface area contributed by atoms with Gasteiger partial charge in [0.2, 0.25) is 5.88 Å². The molecule has 0 spiro atoms. The summed E-state index contributed by atoms with van der Waals surface area (Å²) in [6.07, 6.45) is 1.29. The molecule has 7 nitrogen and oxygen atoms in total. The number of anilines is 2. The van der Waals surface area contributed by atoms with Crippen molar-refractivity contribution < 1.29 is 32.6 Å². The number of Topliss-reactive ketones (excluding diaryl/α,β-unsaturated/α-hetero) is 1. The Bertz CT molecular complexity index is 1050. The van der Waals surface area contributed by atoms with E-state index >= 15 is 0 Å². The maximum atomic E-state index is 14.5. The maximum absolute atomic E-state index is 14.5. The quantitative estimate of drug-likeness (QED) is 0.469. The lowest BCUT2D eigenvalue weighted by atomic mass is 10.1. The SMILES string of the molecule is COc1nc(N(CC(C)(C)F)c2cc(Cl)c(F)cc2F)cnc1C(=O)[C@@H]1C[C@@H]1C(=O)O. The van der Waals surface area contributed by atoms with Crippen LogP contribution < -0.4 is 9.64 Å². The van der Waals surface area contributed by atoms with Crippen LogP contribution in [0.2, 0.25) is 5.02 Å². The van der Waals surface area contributed by atoms with Gasteiger partial charge in [0.05, 0.1) is 36.5 Å². The molecule has 1 aliphatic rings. The third-order valence-electron chi connectivity index (χ3n) is 4.69. The van der Waals surface area contributed by atoms with Gasteiger partial charge in [0, 0.05) is 12.0 Å². The molecule has 0 aliphatic heterocycles. The van der Waals surface area contributed by atoms with E-state index in [-0.39, 0.29) is 34.5 Å². The van der Waals surface area contributed by atoms with E-state index in [1.807, 2.05) is 0 Å². The third kappa shape index (κ3) is 4.90. The van der Waals surface area contributed by atoms with E-state index in [1.54, 1.807) is 0 Å². The number of aromatic nitrogens is 2. The van der Waals surface area contributed by atoms with Gasteiger partial charge in [-0.2, -0.15) is 4.98 Å². The molecule has 0 saturated heterocycles. The summed E-state index contributed by atoms with van der Waals surface area (Å²) >= 11 is 5.78. The van der Waals surface area contributed by atoms with Crippen molar-refractivity contribution in [1.29, 1.82) is 0 Å². The van der Waals surface area contributed by atoms with Gasteiger partial charge in [-0.25, -0.2) is 18.2 Å². The number of nitrogens with zero attached hydrogens (tertiary/aromatic N) is 3. The van der Waals surface area contributed by atoms with Crippen LogP contribution in [-0.2, 0) is 4.79 Å². The Balaban J connectivity index is 2.03. The zero-order valence-corrected chi connectivity index (χ0v) is 17.6. The van der Waals surface area contributed by atoms with Gasteiger partial charge in [-0.15, -0.1) is 0 Å². The zero-order chi connectivity index (χ0) is 23.1. The Labute approximate surface area is 180 Å². The van der Waals surface area contributed by atoms with E-state index in [4.69, 9.17) is 21.4 Å². The predicted molar refractivity (Wildman–Crippen MR) is 106 cm³/mol. The smallest absolute Gasteiger partial charge is 0.307 e. The summed E-state index contributed by atoms with van der Waals surface area (Å²) in [5.41, 5.74) is -2.27. The van der Waals surface area contributed by atoms with E-state index in [9.17, 15) is 22.8 Å². The summed E-state index contributed by atoms with van der Waals surface area (Å²) in [6, 6.07) is 1.56. The number of ether oxygens (including phenoxy) is 1. The second-order valence-electron chi connectivity index (χ2n) is 7.76. The molecule has 1 heterocycles. The van der Waals surface area contributed by atoms with Crippen molar-refractivity contribution in [3.63, 3.8) is 0 Å². The highest BCUT2D eigenvalue weighted by molar-refractivity contribution is 6.31. The van der Waals surface area contributed by atoms with Gasteiger partial charge < -0.3 is 14.7 Å². The van der Waals surface area contributed by atoms with Crippen molar-refractivity contribution in [2.75, 3.05) is 18.6 Å². The molecule has 0 amide bonds. The van der Waals surface area contributed by atoms with Crippen molar-refractivity contribution in [1.82, 2.24) is 9.97 Å². The summed E-state index contributed by atoms with van der Waals surface area (Å²) in [5.74, 6) is -5.45. The molecule has 1 fully saturated rings. The molecule has 166 valence electrons. The number of carboxylic acid groups (broad SMARTS) is 1. The molecule has 1 aliphatic carbocycles. The number of carboxylic acids is 1. The topological polar surface area (TPSA) is 92.6 Å². The second-order valence-corrected chi connectivity index (χ2v) is 8.17. The first-order valence-corrected chi connectivity index (χ1v) is 9.59. The normalized spacial score (nSPS) is 17.9. The number of halogens is 4. The van der Waals surface area contributed by atoms with Gasteiger partial charge >= 0.3 is 5.97 Å². The molecule has 1 aromatic carbocycles. The first-order valence-electron chi connectivity index (χ1n) is 9.22. The minimum atomic E-state index is -1.83. The first-order chi connectivity index (χ1) is 14.4. The number of rotatable bonds is 8. The lowest BCUT2D eigenvalue weighted by Gasteiger charge is -2.29. The Morgan fingerprint density at radius 2 is 1.97 bits per heavy atom. The van der Waals surface area contributed by atoms with E-state index in [2.05, 4.69) is 9.97 Å². The van der Waals surface area contributed by atoms with Crippen LogP contribution >= 0.6 is 11.6 Å². The van der Waals surface area contributed by atoms with Crippen LogP contribution in [0.1, 0.15) is 30.8 Å². The highest BCUT2D eigenvalue weighted by Gasteiger charge is 2.49. The fourth-order valence-corrected chi connectivity index (χ4v) is 3.28. The molecule has 3 rings (SSSR count). The van der Waals surface area contributed by atoms with Crippen LogP contribution in [0.25, 0.3) is 0 Å². The molecule has 31 heavy (non-hydrogen) atoms. The van der Waals surface area contributed by atoms with Gasteiger partial charge in [-0.05, 0) is 26.3 Å². The summed E-state index contributed by atoms with van der Waals surface area (Å²) in [4.78, 5) is 32.9. The average Bonchev–Trinajstić information content (AvgIpc) is 3.48. The average molecular weight is 458 g/mol. The number of benzene rings is 1. The van der Waals surface area contributed by atoms with Crippen molar-refractivity contribution in [2.45, 2.75) is 25.9 Å². The predicted octanol–water partition coefficient (Wildman–Crippen LogP) is 4.21. The lowest BCUT2D eigenvalue weighted by Crippen LogP contribution is -2.34. The molecule has 11 heteroatoms. The third-order valence-corrected chi connectivity index (χ3v) is 4.98. The maximum Gasteiger partial charge on any atom is 0.307 e. The summed E-state index contributed by atoms with van der Waals surface area (Å²) < 4.78 is 47.7. The number of hydrogen-bond donors (Lipinski definition) is 1. The van der Waals surface area contributed by atoms with E-state index < -0.39 is 47.4 Å². The number of ketones is 1. The van der Waals surface area contributed by atoms with E-state index in [1.165, 1.54) is 21.0 Å². The van der Waals surface area contributed by atoms with Crippen molar-refractivity contribution in [3.8, 4) is 5.88 Å². The van der Waals surface area contributed by atoms with Crippen LogP contribution in [0, 0.1) is 23.5 Å². The number of aliphatic carboxylic acids is 1. The molecule has 1 N–H and O–H groups in total. The monoisotopic (exact) mass is 457 g/mol. The van der Waals surface area contributed by atoms with Crippen LogP contribution in [0.5, 0.6) is 5.88 Å². The standard InChI is InChI=1S/C20H19ClF3N3O4/c1-20(2,24)8-27(14-5-11(21)12(22)6-13(14)23)15-7-25-16(18(26-15)31-3)17(28)9-4-10(9)19(29)30/h5-7,9-10H,4,8H2,1-3H3,(H,29,30)/t9-,10+/m1/s1. The molecule has 2 atom stereocenters. The molecule has 1 saturated carbocycles. The largest absolute Gasteiger partial charge is 0.481 e. The number of hydrogen-bond acceptors (Lipinski definition) is 6. The van der Waals surface area contributed by atoms with E-state index in [0.717, 1.165) is 17.2 Å². The molecular weight excluding hydrogens is 439 g/mol. The van der Waals surface area contributed by atoms with Crippen LogP contribution in [0.3, 0.4) is 0 Å². The van der Waals surface area contributed by atoms with Gasteiger partial charge in [0.1, 0.15) is 17.3 Å². The molecule has 0 unspecified atom stereocenters. The molecule has 0 radical (unpaired) electrons. The molecular formula is C20H19ClF3N3O4. The fourth-order valence-electron chi connectivity index (χ4n) is 3.12. The Morgan fingerprint density at radius 3 is 2.52 bits per heavy atom. The number of carbonyl (C=O) groups excluding carboxylic acids is 1. The highest BCUT2D eigenvalue weighted by Crippen LogP contribution is 2.42. The zero-order valence-electron chi connectivity index (χ0n) is 16.8. The number of methoxy groups -OCH3 is 1. The Hall–Kier alpha value is -2.88. The Morgan fingerprint density at radius 1 is 1.29 bits per heavy atom. The van der Waals surface area contributed by atoms with Crippen LogP contribution in [-0.4, -0.2) is 46.2 Å². The van der Waals surface area contributed by atoms with Crippen molar-refractivity contribution in [2.24, 2.45) is 11.8 Å².